The number of ether oxygens (including phenoxy) is 1. The standard InChI is InChI=1S/C27H28Cl2N2O3/c1-6-31-25(34-26(33)19-10-9-17(28)13-22(19)29)21(14-30-31)24(32)20-12-15(2)18-8-7-11-27(4,5)23(18)16(20)3/h9-10,12-14H,6-8,11H2,1-5H3. The number of hydrogen-bond donors (Lipinski definition) is 0. The molecule has 0 spiro atoms. The van der Waals surface area contributed by atoms with Crippen molar-refractivity contribution in [2.45, 2.75) is 65.8 Å². The Morgan fingerprint density at radius 3 is 2.53 bits per heavy atom. The second-order valence-corrected chi connectivity index (χ2v) is 10.3. The predicted molar refractivity (Wildman–Crippen MR) is 135 cm³/mol. The van der Waals surface area contributed by atoms with E-state index in [0.717, 1.165) is 30.4 Å². The first-order valence-electron chi connectivity index (χ1n) is 11.5. The summed E-state index contributed by atoms with van der Waals surface area (Å²) in [4.78, 5) is 26.7. The van der Waals surface area contributed by atoms with E-state index in [2.05, 4.69) is 25.9 Å². The Kier molecular flexibility index (Phi) is 6.63. The molecule has 5 nitrogen and oxygen atoms in total. The monoisotopic (exact) mass is 498 g/mol. The number of carbonyl (C=O) groups is 2. The van der Waals surface area contributed by atoms with Crippen molar-refractivity contribution in [3.05, 3.63) is 79.5 Å². The Labute approximate surface area is 210 Å². The molecule has 0 atom stereocenters. The average molecular weight is 499 g/mol. The summed E-state index contributed by atoms with van der Waals surface area (Å²) in [6, 6.07) is 6.50. The number of fused-ring (bicyclic) bond motifs is 1. The van der Waals surface area contributed by atoms with Crippen LogP contribution < -0.4 is 4.74 Å². The first-order valence-corrected chi connectivity index (χ1v) is 12.2. The van der Waals surface area contributed by atoms with E-state index in [4.69, 9.17) is 27.9 Å². The Morgan fingerprint density at radius 2 is 1.85 bits per heavy atom. The van der Waals surface area contributed by atoms with Crippen LogP contribution in [0.25, 0.3) is 0 Å². The van der Waals surface area contributed by atoms with Crippen molar-refractivity contribution in [1.82, 2.24) is 9.78 Å². The third-order valence-corrected chi connectivity index (χ3v) is 7.29. The molecule has 0 N–H and O–H groups in total. The number of rotatable bonds is 5. The molecule has 1 aliphatic rings. The Balaban J connectivity index is 1.77. The summed E-state index contributed by atoms with van der Waals surface area (Å²) in [5.74, 6) is -0.780. The van der Waals surface area contributed by atoms with Gasteiger partial charge in [0.15, 0.2) is 5.78 Å². The lowest BCUT2D eigenvalue weighted by Crippen LogP contribution is -2.27. The van der Waals surface area contributed by atoms with Crippen LogP contribution in [0.15, 0.2) is 30.5 Å². The van der Waals surface area contributed by atoms with Gasteiger partial charge >= 0.3 is 5.97 Å². The van der Waals surface area contributed by atoms with Crippen LogP contribution in [0.2, 0.25) is 10.0 Å². The molecule has 2 aromatic carbocycles. The number of hydrogen-bond acceptors (Lipinski definition) is 4. The fraction of sp³-hybridized carbons (Fsp3) is 0.370. The van der Waals surface area contributed by atoms with Crippen molar-refractivity contribution in [2.24, 2.45) is 0 Å². The Hall–Kier alpha value is -2.63. The van der Waals surface area contributed by atoms with Crippen LogP contribution in [-0.4, -0.2) is 21.5 Å². The van der Waals surface area contributed by atoms with Gasteiger partial charge in [-0.15, -0.1) is 0 Å². The molecule has 7 heteroatoms. The normalized spacial score (nSPS) is 14.6. The van der Waals surface area contributed by atoms with E-state index in [9.17, 15) is 9.59 Å². The molecule has 0 saturated heterocycles. The van der Waals surface area contributed by atoms with Gasteiger partial charge in [-0.2, -0.15) is 5.10 Å². The van der Waals surface area contributed by atoms with Gasteiger partial charge in [0.05, 0.1) is 16.8 Å². The van der Waals surface area contributed by atoms with Crippen molar-refractivity contribution in [2.75, 3.05) is 0 Å². The van der Waals surface area contributed by atoms with Crippen LogP contribution in [0.4, 0.5) is 0 Å². The van der Waals surface area contributed by atoms with Gasteiger partial charge in [0.25, 0.3) is 0 Å². The minimum atomic E-state index is -0.676. The Morgan fingerprint density at radius 1 is 1.12 bits per heavy atom. The lowest BCUT2D eigenvalue weighted by atomic mass is 9.68. The number of aromatic nitrogens is 2. The second-order valence-electron chi connectivity index (χ2n) is 9.48. The molecule has 0 unspecified atom stereocenters. The van der Waals surface area contributed by atoms with E-state index in [-0.39, 0.29) is 33.2 Å². The minimum Gasteiger partial charge on any atom is -0.403 e. The quantitative estimate of drug-likeness (QED) is 0.283. The lowest BCUT2D eigenvalue weighted by molar-refractivity contribution is 0.0717. The highest BCUT2D eigenvalue weighted by Crippen LogP contribution is 2.42. The molecule has 0 aliphatic heterocycles. The molecule has 4 rings (SSSR count). The molecule has 3 aromatic rings. The first-order chi connectivity index (χ1) is 16.0. The number of aryl methyl sites for hydroxylation is 2. The lowest BCUT2D eigenvalue weighted by Gasteiger charge is -2.36. The number of benzene rings is 2. The zero-order valence-corrected chi connectivity index (χ0v) is 21.6. The maximum Gasteiger partial charge on any atom is 0.346 e. The molecule has 1 aliphatic carbocycles. The zero-order valence-electron chi connectivity index (χ0n) is 20.1. The second kappa shape index (κ2) is 9.20. The van der Waals surface area contributed by atoms with Crippen molar-refractivity contribution in [1.29, 1.82) is 0 Å². The van der Waals surface area contributed by atoms with Gasteiger partial charge in [-0.3, -0.25) is 4.79 Å². The van der Waals surface area contributed by atoms with Crippen LogP contribution in [-0.2, 0) is 18.4 Å². The number of esters is 1. The van der Waals surface area contributed by atoms with Gasteiger partial charge in [0, 0.05) is 17.1 Å². The van der Waals surface area contributed by atoms with Crippen LogP contribution in [0, 0.1) is 13.8 Å². The zero-order chi connectivity index (χ0) is 24.8. The summed E-state index contributed by atoms with van der Waals surface area (Å²) in [5.41, 5.74) is 5.72. The van der Waals surface area contributed by atoms with Crippen LogP contribution >= 0.6 is 23.2 Å². The molecular weight excluding hydrogens is 471 g/mol. The smallest absolute Gasteiger partial charge is 0.346 e. The third kappa shape index (κ3) is 4.27. The molecular formula is C27H28Cl2N2O3. The topological polar surface area (TPSA) is 61.2 Å². The minimum absolute atomic E-state index is 0.00700. The molecule has 0 radical (unpaired) electrons. The molecule has 0 amide bonds. The molecule has 34 heavy (non-hydrogen) atoms. The number of nitrogens with zero attached hydrogens (tertiary/aromatic N) is 2. The summed E-state index contributed by atoms with van der Waals surface area (Å²) in [5, 5.41) is 4.89. The van der Waals surface area contributed by atoms with Crippen molar-refractivity contribution in [3.8, 4) is 5.88 Å². The predicted octanol–water partition coefficient (Wildman–Crippen LogP) is 6.89. The van der Waals surface area contributed by atoms with Gasteiger partial charge in [0.2, 0.25) is 5.88 Å². The van der Waals surface area contributed by atoms with E-state index in [1.54, 1.807) is 6.07 Å². The average Bonchev–Trinajstić information content (AvgIpc) is 3.17. The van der Waals surface area contributed by atoms with E-state index in [1.165, 1.54) is 34.1 Å². The Bertz CT molecular complexity index is 1310. The van der Waals surface area contributed by atoms with E-state index in [0.29, 0.717) is 17.1 Å². The SMILES string of the molecule is CCn1ncc(C(=O)c2cc(C)c3c(c2C)C(C)(C)CCC3)c1OC(=O)c1ccc(Cl)cc1Cl. The fourth-order valence-corrected chi connectivity index (χ4v) is 5.57. The van der Waals surface area contributed by atoms with Gasteiger partial charge in [-0.1, -0.05) is 37.0 Å². The van der Waals surface area contributed by atoms with Gasteiger partial charge in [-0.25, -0.2) is 9.48 Å². The summed E-state index contributed by atoms with van der Waals surface area (Å²) in [6.45, 7) is 10.9. The molecule has 1 aromatic heterocycles. The summed E-state index contributed by atoms with van der Waals surface area (Å²) in [7, 11) is 0. The number of halogens is 2. The van der Waals surface area contributed by atoms with Crippen LogP contribution in [0.1, 0.15) is 82.1 Å². The van der Waals surface area contributed by atoms with Gasteiger partial charge in [0.1, 0.15) is 5.56 Å². The third-order valence-electron chi connectivity index (χ3n) is 6.74. The largest absolute Gasteiger partial charge is 0.403 e. The highest BCUT2D eigenvalue weighted by atomic mass is 35.5. The van der Waals surface area contributed by atoms with E-state index < -0.39 is 5.97 Å². The summed E-state index contributed by atoms with van der Waals surface area (Å²) < 4.78 is 7.19. The van der Waals surface area contributed by atoms with Crippen molar-refractivity contribution >= 4 is 35.0 Å². The maximum atomic E-state index is 13.8. The van der Waals surface area contributed by atoms with Crippen molar-refractivity contribution < 1.29 is 14.3 Å². The fourth-order valence-electron chi connectivity index (χ4n) is 5.08. The number of carbonyl (C=O) groups excluding carboxylic acids is 2. The van der Waals surface area contributed by atoms with Crippen molar-refractivity contribution in [3.63, 3.8) is 0 Å². The highest BCUT2D eigenvalue weighted by molar-refractivity contribution is 6.36. The van der Waals surface area contributed by atoms with Gasteiger partial charge in [-0.05, 0) is 92.0 Å². The molecule has 178 valence electrons. The molecule has 1 heterocycles. The molecule has 0 saturated carbocycles. The highest BCUT2D eigenvalue weighted by Gasteiger charge is 2.33. The van der Waals surface area contributed by atoms with Crippen LogP contribution in [0.3, 0.4) is 0 Å². The number of ketones is 1. The van der Waals surface area contributed by atoms with E-state index in [1.807, 2.05) is 19.9 Å². The first kappa shape index (κ1) is 24.5. The van der Waals surface area contributed by atoms with Gasteiger partial charge < -0.3 is 4.74 Å². The summed E-state index contributed by atoms with van der Waals surface area (Å²) in [6.07, 6.45) is 4.72. The van der Waals surface area contributed by atoms with E-state index >= 15 is 0 Å². The molecule has 0 fully saturated rings. The maximum absolute atomic E-state index is 13.8. The molecule has 0 bridgehead atoms. The van der Waals surface area contributed by atoms with Crippen LogP contribution in [0.5, 0.6) is 5.88 Å². The summed E-state index contributed by atoms with van der Waals surface area (Å²) >= 11 is 12.1.